The van der Waals surface area contributed by atoms with E-state index in [4.69, 9.17) is 0 Å². The monoisotopic (exact) mass is 539 g/mol. The van der Waals surface area contributed by atoms with E-state index in [2.05, 4.69) is 143 Å². The fraction of sp³-hybridized carbons (Fsp3) is 0. The highest BCUT2D eigenvalue weighted by atomic mass is 32.1. The summed E-state index contributed by atoms with van der Waals surface area (Å²) >= 11 is 1.85. The van der Waals surface area contributed by atoms with Crippen LogP contribution in [0.1, 0.15) is 5.56 Å². The molecule has 0 spiro atoms. The van der Waals surface area contributed by atoms with Crippen LogP contribution in [0.2, 0.25) is 0 Å². The van der Waals surface area contributed by atoms with E-state index in [1.165, 1.54) is 41.7 Å². The van der Waals surface area contributed by atoms with E-state index in [9.17, 15) is 5.26 Å². The molecule has 0 aliphatic heterocycles. The maximum Gasteiger partial charge on any atom is 0.104 e. The Hall–Kier alpha value is -5.37. The molecule has 9 rings (SSSR count). The lowest BCUT2D eigenvalue weighted by Gasteiger charge is -2.15. The van der Waals surface area contributed by atoms with Crippen LogP contribution in [-0.4, -0.2) is 9.13 Å². The van der Waals surface area contributed by atoms with Crippen molar-refractivity contribution in [1.29, 1.82) is 5.26 Å². The van der Waals surface area contributed by atoms with Crippen molar-refractivity contribution in [3.05, 3.63) is 133 Å². The molecule has 0 unspecified atom stereocenters. The SMILES string of the molecule is N#Cc1c(-n2c3ccccc3c3ccccc32)cccc1-n1c2ccccc2c2c3sc4ccccc4c3ccc21. The Bertz CT molecular complexity index is 2500. The molecular formula is C37H21N3S. The van der Waals surface area contributed by atoms with Gasteiger partial charge in [0, 0.05) is 41.7 Å². The second kappa shape index (κ2) is 8.32. The van der Waals surface area contributed by atoms with Crippen LogP contribution in [0.25, 0.3) is 75.2 Å². The number of hydrogen-bond acceptors (Lipinski definition) is 2. The minimum absolute atomic E-state index is 0.651. The van der Waals surface area contributed by atoms with Crippen LogP contribution in [0.3, 0.4) is 0 Å². The molecule has 0 saturated heterocycles. The van der Waals surface area contributed by atoms with Crippen LogP contribution in [0.5, 0.6) is 0 Å². The van der Waals surface area contributed by atoms with Crippen LogP contribution in [-0.2, 0) is 0 Å². The summed E-state index contributed by atoms with van der Waals surface area (Å²) in [4.78, 5) is 0. The van der Waals surface area contributed by atoms with Gasteiger partial charge in [-0.15, -0.1) is 11.3 Å². The summed E-state index contributed by atoms with van der Waals surface area (Å²) in [6.07, 6.45) is 0. The van der Waals surface area contributed by atoms with Gasteiger partial charge in [-0.05, 0) is 42.5 Å². The quantitative estimate of drug-likeness (QED) is 0.215. The van der Waals surface area contributed by atoms with Gasteiger partial charge in [0.1, 0.15) is 11.6 Å². The number of aromatic nitrogens is 2. The third kappa shape index (κ3) is 2.96. The highest BCUT2D eigenvalue weighted by molar-refractivity contribution is 7.26. The smallest absolute Gasteiger partial charge is 0.104 e. The van der Waals surface area contributed by atoms with Gasteiger partial charge < -0.3 is 9.13 Å². The van der Waals surface area contributed by atoms with E-state index in [-0.39, 0.29) is 0 Å². The Kier molecular flexibility index (Phi) is 4.55. The summed E-state index contributed by atoms with van der Waals surface area (Å²) in [7, 11) is 0. The van der Waals surface area contributed by atoms with Crippen molar-refractivity contribution in [2.24, 2.45) is 0 Å². The lowest BCUT2D eigenvalue weighted by Crippen LogP contribution is -2.03. The molecule has 0 atom stereocenters. The fourth-order valence-corrected chi connectivity index (χ4v) is 7.95. The largest absolute Gasteiger partial charge is 0.308 e. The number of benzene rings is 6. The number of para-hydroxylation sites is 3. The third-order valence-corrected chi connectivity index (χ3v) is 9.58. The van der Waals surface area contributed by atoms with E-state index in [0.29, 0.717) is 5.56 Å². The lowest BCUT2D eigenvalue weighted by atomic mass is 10.1. The topological polar surface area (TPSA) is 33.6 Å². The second-order valence-corrected chi connectivity index (χ2v) is 11.5. The van der Waals surface area contributed by atoms with Gasteiger partial charge in [-0.25, -0.2) is 0 Å². The van der Waals surface area contributed by atoms with Crippen molar-refractivity contribution in [3.63, 3.8) is 0 Å². The van der Waals surface area contributed by atoms with Crippen molar-refractivity contribution >= 4 is 75.1 Å². The summed E-state index contributed by atoms with van der Waals surface area (Å²) in [5.74, 6) is 0. The van der Waals surface area contributed by atoms with E-state index in [1.807, 2.05) is 11.3 Å². The number of thiophene rings is 1. The minimum atomic E-state index is 0.651. The van der Waals surface area contributed by atoms with Gasteiger partial charge in [0.2, 0.25) is 0 Å². The van der Waals surface area contributed by atoms with Gasteiger partial charge >= 0.3 is 0 Å². The van der Waals surface area contributed by atoms with Crippen molar-refractivity contribution in [2.75, 3.05) is 0 Å². The number of nitriles is 1. The standard InChI is InChI=1S/C37H21N3S/c38-22-28-32(39-29-14-5-1-10-23(29)24-11-2-6-15-30(24)39)17-9-18-33(28)40-31-16-7-3-13-27(31)36-34(40)21-20-26-25-12-4-8-19-35(25)41-37(26)36/h1-21H. The molecule has 190 valence electrons. The van der Waals surface area contributed by atoms with Crippen LogP contribution in [0.15, 0.2) is 127 Å². The first-order valence-electron chi connectivity index (χ1n) is 13.7. The van der Waals surface area contributed by atoms with Crippen molar-refractivity contribution < 1.29 is 0 Å². The summed E-state index contributed by atoms with van der Waals surface area (Å²) in [5.41, 5.74) is 6.82. The Morgan fingerprint density at radius 1 is 0.463 bits per heavy atom. The molecule has 3 aromatic heterocycles. The maximum absolute atomic E-state index is 10.8. The number of nitrogens with zero attached hydrogens (tertiary/aromatic N) is 3. The van der Waals surface area contributed by atoms with Gasteiger partial charge in [0.05, 0.1) is 33.4 Å². The Labute approximate surface area is 239 Å². The molecule has 4 heteroatoms. The van der Waals surface area contributed by atoms with E-state index >= 15 is 0 Å². The van der Waals surface area contributed by atoms with Gasteiger partial charge in [0.15, 0.2) is 0 Å². The third-order valence-electron chi connectivity index (χ3n) is 8.37. The molecule has 0 saturated carbocycles. The van der Waals surface area contributed by atoms with Crippen LogP contribution in [0, 0.1) is 11.3 Å². The van der Waals surface area contributed by atoms with Crippen molar-refractivity contribution in [3.8, 4) is 17.4 Å². The highest BCUT2D eigenvalue weighted by Crippen LogP contribution is 2.44. The normalized spacial score (nSPS) is 11.9. The Morgan fingerprint density at radius 2 is 1.00 bits per heavy atom. The van der Waals surface area contributed by atoms with Crippen LogP contribution < -0.4 is 0 Å². The van der Waals surface area contributed by atoms with E-state index in [0.717, 1.165) is 33.4 Å². The van der Waals surface area contributed by atoms with Gasteiger partial charge in [-0.2, -0.15) is 5.26 Å². The van der Waals surface area contributed by atoms with Crippen molar-refractivity contribution in [2.45, 2.75) is 0 Å². The number of fused-ring (bicyclic) bond motifs is 10. The Morgan fingerprint density at radius 3 is 1.66 bits per heavy atom. The predicted octanol–water partition coefficient (Wildman–Crippen LogP) is 10.1. The molecule has 0 aliphatic rings. The van der Waals surface area contributed by atoms with Gasteiger partial charge in [-0.3, -0.25) is 0 Å². The van der Waals surface area contributed by atoms with Crippen LogP contribution in [0.4, 0.5) is 0 Å². The number of hydrogen-bond donors (Lipinski definition) is 0. The average Bonchev–Trinajstić information content (AvgIpc) is 3.68. The second-order valence-electron chi connectivity index (χ2n) is 10.4. The summed E-state index contributed by atoms with van der Waals surface area (Å²) in [5, 5.41) is 18.1. The molecule has 0 bridgehead atoms. The van der Waals surface area contributed by atoms with E-state index < -0.39 is 0 Å². The molecule has 0 amide bonds. The predicted molar refractivity (Wildman–Crippen MR) is 173 cm³/mol. The molecule has 6 aromatic carbocycles. The van der Waals surface area contributed by atoms with Gasteiger partial charge in [-0.1, -0.05) is 84.9 Å². The molecule has 0 aliphatic carbocycles. The zero-order valence-corrected chi connectivity index (χ0v) is 22.7. The zero-order valence-electron chi connectivity index (χ0n) is 21.9. The minimum Gasteiger partial charge on any atom is -0.308 e. The van der Waals surface area contributed by atoms with E-state index in [1.54, 1.807) is 0 Å². The molecular weight excluding hydrogens is 518 g/mol. The zero-order chi connectivity index (χ0) is 27.1. The first kappa shape index (κ1) is 22.4. The molecule has 3 heterocycles. The molecule has 3 nitrogen and oxygen atoms in total. The molecule has 41 heavy (non-hydrogen) atoms. The van der Waals surface area contributed by atoms with Crippen molar-refractivity contribution in [1.82, 2.24) is 9.13 Å². The molecule has 9 aromatic rings. The molecule has 0 fully saturated rings. The first-order chi connectivity index (χ1) is 20.3. The lowest BCUT2D eigenvalue weighted by molar-refractivity contribution is 1.12. The summed E-state index contributed by atoms with van der Waals surface area (Å²) in [6, 6.07) is 47.4. The maximum atomic E-state index is 10.8. The van der Waals surface area contributed by atoms with Crippen LogP contribution >= 0.6 is 11.3 Å². The highest BCUT2D eigenvalue weighted by Gasteiger charge is 2.21. The molecule has 0 radical (unpaired) electrons. The first-order valence-corrected chi connectivity index (χ1v) is 14.5. The summed E-state index contributed by atoms with van der Waals surface area (Å²) < 4.78 is 7.10. The summed E-state index contributed by atoms with van der Waals surface area (Å²) in [6.45, 7) is 0. The van der Waals surface area contributed by atoms with Gasteiger partial charge in [0.25, 0.3) is 0 Å². The number of rotatable bonds is 2. The Balaban J connectivity index is 1.42. The molecule has 0 N–H and O–H groups in total. The average molecular weight is 540 g/mol. The fourth-order valence-electron chi connectivity index (χ4n) is 6.69.